The van der Waals surface area contributed by atoms with Gasteiger partial charge in [-0.3, -0.25) is 4.79 Å². The number of aldehydes is 1. The van der Waals surface area contributed by atoms with E-state index in [0.29, 0.717) is 5.56 Å². The molecule has 0 aliphatic rings. The fourth-order valence-electron chi connectivity index (χ4n) is 1.66. The molecule has 0 aliphatic carbocycles. The highest BCUT2D eigenvalue weighted by atomic mass is 16.5. The van der Waals surface area contributed by atoms with Crippen molar-refractivity contribution in [1.82, 2.24) is 0 Å². The van der Waals surface area contributed by atoms with Crippen molar-refractivity contribution in [2.75, 3.05) is 6.61 Å². The minimum atomic E-state index is -0.0133. The first-order chi connectivity index (χ1) is 7.99. The molecule has 0 aliphatic heterocycles. The fourth-order valence-corrected chi connectivity index (χ4v) is 1.66. The van der Waals surface area contributed by atoms with E-state index in [1.54, 1.807) is 0 Å². The Morgan fingerprint density at radius 3 is 2.53 bits per heavy atom. The molecule has 17 heavy (non-hydrogen) atoms. The topological polar surface area (TPSA) is 26.3 Å². The van der Waals surface area contributed by atoms with Crippen LogP contribution in [0.1, 0.15) is 56.5 Å². The third-order valence-corrected chi connectivity index (χ3v) is 2.70. The van der Waals surface area contributed by atoms with Gasteiger partial charge in [0.1, 0.15) is 12.0 Å². The maximum Gasteiger partial charge on any atom is 0.150 e. The molecular formula is C15H22O2. The zero-order valence-corrected chi connectivity index (χ0v) is 11.2. The Bertz CT molecular complexity index is 375. The predicted octanol–water partition coefficient (Wildman–Crippen LogP) is 3.98. The van der Waals surface area contributed by atoms with E-state index in [-0.39, 0.29) is 5.41 Å². The first-order valence-corrected chi connectivity index (χ1v) is 6.21. The molecule has 0 saturated heterocycles. The lowest BCUT2D eigenvalue weighted by Crippen LogP contribution is -2.14. The van der Waals surface area contributed by atoms with Crippen LogP contribution in [0.4, 0.5) is 0 Å². The molecule has 0 spiro atoms. The predicted molar refractivity (Wildman–Crippen MR) is 70.9 cm³/mol. The number of hydrogen-bond donors (Lipinski definition) is 0. The van der Waals surface area contributed by atoms with E-state index in [4.69, 9.17) is 4.74 Å². The third-order valence-electron chi connectivity index (χ3n) is 2.70. The Kier molecular flexibility index (Phi) is 4.73. The van der Waals surface area contributed by atoms with E-state index in [1.165, 1.54) is 0 Å². The Hall–Kier alpha value is -1.31. The van der Waals surface area contributed by atoms with E-state index in [1.807, 2.05) is 18.2 Å². The zero-order chi connectivity index (χ0) is 12.9. The van der Waals surface area contributed by atoms with E-state index in [0.717, 1.165) is 37.0 Å². The number of benzene rings is 1. The molecule has 94 valence electrons. The van der Waals surface area contributed by atoms with Gasteiger partial charge in [0.15, 0.2) is 0 Å². The lowest BCUT2D eigenvalue weighted by Gasteiger charge is -2.23. The zero-order valence-electron chi connectivity index (χ0n) is 11.2. The van der Waals surface area contributed by atoms with Crippen LogP contribution in [0, 0.1) is 0 Å². The maximum absolute atomic E-state index is 10.8. The molecule has 2 heteroatoms. The van der Waals surface area contributed by atoms with Crippen LogP contribution in [0.25, 0.3) is 0 Å². The Labute approximate surface area is 104 Å². The minimum absolute atomic E-state index is 0.0133. The molecule has 0 radical (unpaired) electrons. The van der Waals surface area contributed by atoms with Crippen LogP contribution in [-0.4, -0.2) is 12.9 Å². The first-order valence-electron chi connectivity index (χ1n) is 6.21. The normalized spacial score (nSPS) is 11.3. The van der Waals surface area contributed by atoms with Crippen molar-refractivity contribution in [1.29, 1.82) is 0 Å². The van der Waals surface area contributed by atoms with Crippen molar-refractivity contribution < 1.29 is 9.53 Å². The molecule has 2 nitrogen and oxygen atoms in total. The molecule has 0 fully saturated rings. The van der Waals surface area contributed by atoms with E-state index < -0.39 is 0 Å². The Morgan fingerprint density at radius 2 is 2.00 bits per heavy atom. The second-order valence-corrected chi connectivity index (χ2v) is 5.33. The summed E-state index contributed by atoms with van der Waals surface area (Å²) in [5, 5.41) is 0. The van der Waals surface area contributed by atoms with Crippen LogP contribution in [-0.2, 0) is 5.41 Å². The summed E-state index contributed by atoms with van der Waals surface area (Å²) in [6, 6.07) is 5.64. The second-order valence-electron chi connectivity index (χ2n) is 5.33. The minimum Gasteiger partial charge on any atom is -0.493 e. The number of unbranched alkanes of at least 4 members (excludes halogenated alkanes) is 1. The smallest absolute Gasteiger partial charge is 0.150 e. The lowest BCUT2D eigenvalue weighted by atomic mass is 9.85. The van der Waals surface area contributed by atoms with Gasteiger partial charge in [-0.1, -0.05) is 34.1 Å². The molecule has 0 amide bonds. The van der Waals surface area contributed by atoms with Gasteiger partial charge in [-0.05, 0) is 30.0 Å². The van der Waals surface area contributed by atoms with Gasteiger partial charge in [-0.15, -0.1) is 0 Å². The quantitative estimate of drug-likeness (QED) is 0.569. The summed E-state index contributed by atoms with van der Waals surface area (Å²) in [5.74, 6) is 0.900. The van der Waals surface area contributed by atoms with Crippen LogP contribution in [0.3, 0.4) is 0 Å². The van der Waals surface area contributed by atoms with E-state index in [2.05, 4.69) is 27.7 Å². The average Bonchev–Trinajstić information content (AvgIpc) is 2.28. The van der Waals surface area contributed by atoms with Gasteiger partial charge < -0.3 is 4.74 Å². The van der Waals surface area contributed by atoms with Crippen molar-refractivity contribution >= 4 is 6.29 Å². The SMILES string of the molecule is CCCCOc1ccc(C=O)cc1C(C)(C)C. The van der Waals surface area contributed by atoms with Crippen molar-refractivity contribution in [3.63, 3.8) is 0 Å². The van der Waals surface area contributed by atoms with Gasteiger partial charge in [-0.25, -0.2) is 0 Å². The van der Waals surface area contributed by atoms with Crippen LogP contribution in [0.2, 0.25) is 0 Å². The summed E-state index contributed by atoms with van der Waals surface area (Å²) < 4.78 is 5.79. The van der Waals surface area contributed by atoms with E-state index >= 15 is 0 Å². The summed E-state index contributed by atoms with van der Waals surface area (Å²) in [7, 11) is 0. The van der Waals surface area contributed by atoms with Gasteiger partial charge in [0.05, 0.1) is 6.61 Å². The lowest BCUT2D eigenvalue weighted by molar-refractivity contribution is 0.112. The second kappa shape index (κ2) is 5.85. The molecule has 0 unspecified atom stereocenters. The first kappa shape index (κ1) is 13.8. The molecule has 0 atom stereocenters. The van der Waals surface area contributed by atoms with Crippen molar-refractivity contribution in [2.45, 2.75) is 46.0 Å². The third kappa shape index (κ3) is 3.88. The highest BCUT2D eigenvalue weighted by Gasteiger charge is 2.19. The number of ether oxygens (including phenoxy) is 1. The maximum atomic E-state index is 10.8. The number of carbonyl (C=O) groups is 1. The molecule has 0 heterocycles. The number of hydrogen-bond acceptors (Lipinski definition) is 2. The molecule has 0 bridgehead atoms. The molecule has 0 aromatic heterocycles. The summed E-state index contributed by atoms with van der Waals surface area (Å²) in [4.78, 5) is 10.8. The van der Waals surface area contributed by atoms with Crippen LogP contribution in [0.5, 0.6) is 5.75 Å². The summed E-state index contributed by atoms with van der Waals surface area (Å²) in [6.45, 7) is 9.26. The largest absolute Gasteiger partial charge is 0.493 e. The molecule has 1 aromatic carbocycles. The molecule has 1 rings (SSSR count). The molecule has 1 aromatic rings. The van der Waals surface area contributed by atoms with Crippen LogP contribution < -0.4 is 4.74 Å². The Morgan fingerprint density at radius 1 is 1.29 bits per heavy atom. The number of rotatable bonds is 5. The van der Waals surface area contributed by atoms with Gasteiger partial charge in [0.25, 0.3) is 0 Å². The highest BCUT2D eigenvalue weighted by Crippen LogP contribution is 2.32. The van der Waals surface area contributed by atoms with Crippen molar-refractivity contribution in [3.8, 4) is 5.75 Å². The standard InChI is InChI=1S/C15H22O2/c1-5-6-9-17-14-8-7-12(11-16)10-13(14)15(2,3)4/h7-8,10-11H,5-6,9H2,1-4H3. The van der Waals surface area contributed by atoms with Gasteiger partial charge in [-0.2, -0.15) is 0 Å². The van der Waals surface area contributed by atoms with Crippen LogP contribution >= 0.6 is 0 Å². The van der Waals surface area contributed by atoms with Gasteiger partial charge in [0.2, 0.25) is 0 Å². The highest BCUT2D eigenvalue weighted by molar-refractivity contribution is 5.75. The summed E-state index contributed by atoms with van der Waals surface area (Å²) >= 11 is 0. The monoisotopic (exact) mass is 234 g/mol. The molecule has 0 N–H and O–H groups in total. The van der Waals surface area contributed by atoms with Crippen molar-refractivity contribution in [2.24, 2.45) is 0 Å². The summed E-state index contributed by atoms with van der Waals surface area (Å²) in [5.41, 5.74) is 1.79. The average molecular weight is 234 g/mol. The molecule has 0 saturated carbocycles. The Balaban J connectivity index is 2.98. The number of carbonyl (C=O) groups excluding carboxylic acids is 1. The molecular weight excluding hydrogens is 212 g/mol. The summed E-state index contributed by atoms with van der Waals surface area (Å²) in [6.07, 6.45) is 3.06. The fraction of sp³-hybridized carbons (Fsp3) is 0.533. The van der Waals surface area contributed by atoms with Crippen LogP contribution in [0.15, 0.2) is 18.2 Å². The van der Waals surface area contributed by atoms with Gasteiger partial charge in [0, 0.05) is 11.1 Å². The van der Waals surface area contributed by atoms with E-state index in [9.17, 15) is 4.79 Å². The van der Waals surface area contributed by atoms with Crippen molar-refractivity contribution in [3.05, 3.63) is 29.3 Å². The van der Waals surface area contributed by atoms with Gasteiger partial charge >= 0.3 is 0 Å².